The molecular formula is C11H17N3O4. The molecule has 7 heteroatoms. The largest absolute Gasteiger partial charge is 0.480 e. The van der Waals surface area contributed by atoms with E-state index in [0.717, 1.165) is 5.69 Å². The van der Waals surface area contributed by atoms with Gasteiger partial charge in [0.05, 0.1) is 5.69 Å². The van der Waals surface area contributed by atoms with Crippen LogP contribution in [-0.2, 0) is 16.6 Å². The molecule has 2 N–H and O–H groups in total. The molecule has 0 spiro atoms. The number of aryl methyl sites for hydroxylation is 2. The first-order valence-electron chi connectivity index (χ1n) is 5.48. The Kier molecular flexibility index (Phi) is 4.30. The molecule has 0 aliphatic carbocycles. The van der Waals surface area contributed by atoms with Gasteiger partial charge in [-0.15, -0.1) is 0 Å². The Morgan fingerprint density at radius 1 is 1.50 bits per heavy atom. The molecular weight excluding hydrogens is 238 g/mol. The summed E-state index contributed by atoms with van der Waals surface area (Å²) in [6.07, 6.45) is 0. The summed E-state index contributed by atoms with van der Waals surface area (Å²) in [4.78, 5) is 22.0. The third kappa shape index (κ3) is 3.22. The van der Waals surface area contributed by atoms with Crippen molar-refractivity contribution in [2.45, 2.75) is 26.8 Å². The van der Waals surface area contributed by atoms with Crippen LogP contribution >= 0.6 is 0 Å². The quantitative estimate of drug-likeness (QED) is 0.772. The topological polar surface area (TPSA) is 93.5 Å². The minimum absolute atomic E-state index is 0.231. The Hall–Kier alpha value is -2.05. The molecule has 0 unspecified atom stereocenters. The van der Waals surface area contributed by atoms with Gasteiger partial charge in [-0.1, -0.05) is 0 Å². The fourth-order valence-corrected chi connectivity index (χ4v) is 1.45. The maximum atomic E-state index is 11.4. The van der Waals surface area contributed by atoms with Gasteiger partial charge in [0.2, 0.25) is 0 Å². The van der Waals surface area contributed by atoms with Crippen LogP contribution in [0.4, 0.5) is 0 Å². The zero-order chi connectivity index (χ0) is 13.9. The number of nitrogens with one attached hydrogen (secondary N) is 1. The Bertz CT molecular complexity index is 467. The number of hydrogen-bond donors (Lipinski definition) is 2. The number of nitrogens with zero attached hydrogens (tertiary/aromatic N) is 2. The lowest BCUT2D eigenvalue weighted by molar-refractivity contribution is -0.141. The number of carboxylic acids is 1. The van der Waals surface area contributed by atoms with Crippen LogP contribution in [0.3, 0.4) is 0 Å². The molecule has 0 saturated heterocycles. The highest BCUT2D eigenvalue weighted by Crippen LogP contribution is 2.20. The molecule has 0 fully saturated rings. The first kappa shape index (κ1) is 14.0. The maximum absolute atomic E-state index is 11.4. The normalized spacial score (nSPS) is 12.0. The van der Waals surface area contributed by atoms with Gasteiger partial charge in [-0.25, -0.2) is 0 Å². The Morgan fingerprint density at radius 3 is 2.56 bits per heavy atom. The van der Waals surface area contributed by atoms with Crippen molar-refractivity contribution < 1.29 is 19.4 Å². The molecule has 0 bridgehead atoms. The van der Waals surface area contributed by atoms with Crippen molar-refractivity contribution in [3.63, 3.8) is 0 Å². The second-order valence-corrected chi connectivity index (χ2v) is 4.04. The van der Waals surface area contributed by atoms with Gasteiger partial charge in [0.25, 0.3) is 5.91 Å². The van der Waals surface area contributed by atoms with Gasteiger partial charge in [0.1, 0.15) is 11.7 Å². The lowest BCUT2D eigenvalue weighted by atomic mass is 10.3. The molecule has 18 heavy (non-hydrogen) atoms. The summed E-state index contributed by atoms with van der Waals surface area (Å²) in [7, 11) is 1.78. The predicted molar refractivity (Wildman–Crippen MR) is 63.4 cm³/mol. The number of hydrogen-bond acceptors (Lipinski definition) is 4. The molecule has 0 saturated carbocycles. The summed E-state index contributed by atoms with van der Waals surface area (Å²) in [5.74, 6) is -1.01. The van der Waals surface area contributed by atoms with E-state index in [-0.39, 0.29) is 6.61 Å². The molecule has 1 aromatic heterocycles. The van der Waals surface area contributed by atoms with Crippen molar-refractivity contribution in [2.75, 3.05) is 6.61 Å². The Balaban J connectivity index is 2.55. The Morgan fingerprint density at radius 2 is 2.11 bits per heavy atom. The number of carbonyl (C=O) groups excluding carboxylic acids is 1. The maximum Gasteiger partial charge on any atom is 0.325 e. The smallest absolute Gasteiger partial charge is 0.325 e. The summed E-state index contributed by atoms with van der Waals surface area (Å²) in [5.41, 5.74) is 1.50. The summed E-state index contributed by atoms with van der Waals surface area (Å²) in [5, 5.41) is 15.1. The van der Waals surface area contributed by atoms with Crippen LogP contribution < -0.4 is 10.1 Å². The molecule has 1 aromatic rings. The average Bonchev–Trinajstić information content (AvgIpc) is 2.51. The number of carboxylic acid groups (broad SMARTS) is 1. The van der Waals surface area contributed by atoms with E-state index < -0.39 is 17.9 Å². The van der Waals surface area contributed by atoms with Gasteiger partial charge in [-0.05, 0) is 20.8 Å². The number of aromatic nitrogens is 2. The van der Waals surface area contributed by atoms with Gasteiger partial charge < -0.3 is 15.2 Å². The van der Waals surface area contributed by atoms with Gasteiger partial charge in [0, 0.05) is 7.05 Å². The van der Waals surface area contributed by atoms with Crippen LogP contribution in [-0.4, -0.2) is 39.4 Å². The molecule has 0 radical (unpaired) electrons. The number of rotatable bonds is 5. The summed E-state index contributed by atoms with van der Waals surface area (Å²) in [6.45, 7) is 4.76. The monoisotopic (exact) mass is 255 g/mol. The lowest BCUT2D eigenvalue weighted by Gasteiger charge is -2.10. The first-order chi connectivity index (χ1) is 8.32. The lowest BCUT2D eigenvalue weighted by Crippen LogP contribution is -2.40. The molecule has 1 rings (SSSR count). The minimum atomic E-state index is -1.09. The van der Waals surface area contributed by atoms with E-state index in [0.29, 0.717) is 11.4 Å². The van der Waals surface area contributed by atoms with E-state index in [9.17, 15) is 9.59 Å². The third-order valence-corrected chi connectivity index (χ3v) is 2.54. The molecule has 1 heterocycles. The van der Waals surface area contributed by atoms with Crippen molar-refractivity contribution >= 4 is 11.9 Å². The highest BCUT2D eigenvalue weighted by molar-refractivity contribution is 5.84. The SMILES string of the molecule is Cc1nn(C)c(C)c1OCC(=O)N[C@H](C)C(=O)O. The summed E-state index contributed by atoms with van der Waals surface area (Å²) >= 11 is 0. The predicted octanol–water partition coefficient (Wildman–Crippen LogP) is 0.00504. The molecule has 1 atom stereocenters. The molecule has 7 nitrogen and oxygen atoms in total. The number of ether oxygens (including phenoxy) is 1. The van der Waals surface area contributed by atoms with Crippen molar-refractivity contribution in [2.24, 2.45) is 7.05 Å². The second-order valence-electron chi connectivity index (χ2n) is 4.04. The van der Waals surface area contributed by atoms with Crippen LogP contribution in [0.25, 0.3) is 0 Å². The van der Waals surface area contributed by atoms with Crippen molar-refractivity contribution in [3.8, 4) is 5.75 Å². The highest BCUT2D eigenvalue weighted by Gasteiger charge is 2.16. The van der Waals surface area contributed by atoms with E-state index in [2.05, 4.69) is 10.4 Å². The molecule has 1 amide bonds. The number of aliphatic carboxylic acids is 1. The molecule has 0 aliphatic heterocycles. The fraction of sp³-hybridized carbons (Fsp3) is 0.545. The summed E-state index contributed by atoms with van der Waals surface area (Å²) in [6, 6.07) is -0.933. The van der Waals surface area contributed by atoms with Crippen molar-refractivity contribution in [3.05, 3.63) is 11.4 Å². The van der Waals surface area contributed by atoms with E-state index in [4.69, 9.17) is 9.84 Å². The van der Waals surface area contributed by atoms with Crippen LogP contribution in [0, 0.1) is 13.8 Å². The van der Waals surface area contributed by atoms with Crippen LogP contribution in [0.2, 0.25) is 0 Å². The van der Waals surface area contributed by atoms with E-state index >= 15 is 0 Å². The second kappa shape index (κ2) is 5.52. The average molecular weight is 255 g/mol. The number of amides is 1. The van der Waals surface area contributed by atoms with E-state index in [1.165, 1.54) is 6.92 Å². The van der Waals surface area contributed by atoms with E-state index in [1.54, 1.807) is 18.7 Å². The van der Waals surface area contributed by atoms with Gasteiger partial charge in [-0.2, -0.15) is 5.10 Å². The van der Waals surface area contributed by atoms with Gasteiger partial charge in [-0.3, -0.25) is 14.3 Å². The fourth-order valence-electron chi connectivity index (χ4n) is 1.45. The zero-order valence-electron chi connectivity index (χ0n) is 10.9. The van der Waals surface area contributed by atoms with Crippen LogP contribution in [0.5, 0.6) is 5.75 Å². The molecule has 0 aromatic carbocycles. The minimum Gasteiger partial charge on any atom is -0.480 e. The first-order valence-corrected chi connectivity index (χ1v) is 5.48. The standard InChI is InChI=1S/C11H17N3O4/c1-6-10(8(3)14(4)13-6)18-5-9(15)12-7(2)11(16)17/h7H,5H2,1-4H3,(H,12,15)(H,16,17)/t7-/m1/s1. The summed E-state index contributed by atoms with van der Waals surface area (Å²) < 4.78 is 7.00. The zero-order valence-corrected chi connectivity index (χ0v) is 10.9. The van der Waals surface area contributed by atoms with Gasteiger partial charge >= 0.3 is 5.97 Å². The number of carbonyl (C=O) groups is 2. The Labute approximate surface area is 105 Å². The van der Waals surface area contributed by atoms with E-state index in [1.807, 2.05) is 6.92 Å². The molecule has 100 valence electrons. The van der Waals surface area contributed by atoms with Crippen molar-refractivity contribution in [1.29, 1.82) is 0 Å². The van der Waals surface area contributed by atoms with Crippen LogP contribution in [0.1, 0.15) is 18.3 Å². The van der Waals surface area contributed by atoms with Gasteiger partial charge in [0.15, 0.2) is 12.4 Å². The van der Waals surface area contributed by atoms with Crippen LogP contribution in [0.15, 0.2) is 0 Å². The van der Waals surface area contributed by atoms with Crippen molar-refractivity contribution in [1.82, 2.24) is 15.1 Å². The highest BCUT2D eigenvalue weighted by atomic mass is 16.5. The molecule has 0 aliphatic rings. The third-order valence-electron chi connectivity index (χ3n) is 2.54.